The molecule has 28 heavy (non-hydrogen) atoms. The van der Waals surface area contributed by atoms with E-state index in [0.29, 0.717) is 24.5 Å². The molecular weight excluding hydrogens is 356 g/mol. The number of carbonyl (C=O) groups excluding carboxylic acids is 2. The third-order valence-electron chi connectivity index (χ3n) is 5.26. The van der Waals surface area contributed by atoms with Crippen molar-refractivity contribution in [1.29, 1.82) is 5.26 Å². The molecule has 0 saturated carbocycles. The van der Waals surface area contributed by atoms with Gasteiger partial charge in [0, 0.05) is 52.1 Å². The van der Waals surface area contributed by atoms with Gasteiger partial charge in [-0.2, -0.15) is 5.26 Å². The molecule has 1 aromatic heterocycles. The summed E-state index contributed by atoms with van der Waals surface area (Å²) in [5.41, 5.74) is 0.544. The maximum absolute atomic E-state index is 11.4. The molecule has 8 nitrogen and oxygen atoms in total. The molecule has 0 aliphatic carbocycles. The molecule has 2 saturated heterocycles. The van der Waals surface area contributed by atoms with Crippen LogP contribution in [0.1, 0.15) is 45.1 Å². The van der Waals surface area contributed by atoms with Crippen molar-refractivity contribution in [3.63, 3.8) is 0 Å². The van der Waals surface area contributed by atoms with E-state index in [1.807, 2.05) is 12.1 Å². The zero-order valence-electron chi connectivity index (χ0n) is 16.6. The fraction of sp³-hybridized carbons (Fsp3) is 0.600. The lowest BCUT2D eigenvalue weighted by Crippen LogP contribution is -2.48. The highest BCUT2D eigenvalue weighted by molar-refractivity contribution is 5.73. The molecule has 0 bridgehead atoms. The molecule has 0 aromatic carbocycles. The first-order chi connectivity index (χ1) is 13.5. The van der Waals surface area contributed by atoms with Crippen LogP contribution in [0.3, 0.4) is 0 Å². The summed E-state index contributed by atoms with van der Waals surface area (Å²) in [4.78, 5) is 31.9. The van der Waals surface area contributed by atoms with Gasteiger partial charge in [0.05, 0.1) is 5.56 Å². The van der Waals surface area contributed by atoms with Crippen LogP contribution >= 0.6 is 0 Å². The second-order valence-electron chi connectivity index (χ2n) is 7.62. The van der Waals surface area contributed by atoms with Crippen molar-refractivity contribution in [2.45, 2.75) is 51.6 Å². The number of hydrogen-bond donors (Lipinski definition) is 2. The Kier molecular flexibility index (Phi) is 6.34. The summed E-state index contributed by atoms with van der Waals surface area (Å²) in [6.07, 6.45) is 3.82. The van der Waals surface area contributed by atoms with Gasteiger partial charge in [-0.25, -0.2) is 4.98 Å². The van der Waals surface area contributed by atoms with E-state index in [4.69, 9.17) is 4.98 Å². The number of nitrogens with zero attached hydrogens (tertiary/aromatic N) is 4. The topological polar surface area (TPSA) is 101 Å². The molecule has 0 radical (unpaired) electrons. The molecule has 2 aliphatic rings. The highest BCUT2D eigenvalue weighted by atomic mass is 16.2. The third-order valence-corrected chi connectivity index (χ3v) is 5.26. The highest BCUT2D eigenvalue weighted by Crippen LogP contribution is 2.27. The lowest BCUT2D eigenvalue weighted by atomic mass is 10.0. The monoisotopic (exact) mass is 384 g/mol. The first kappa shape index (κ1) is 19.9. The summed E-state index contributed by atoms with van der Waals surface area (Å²) in [5.74, 6) is 1.45. The van der Waals surface area contributed by atoms with Gasteiger partial charge in [0.25, 0.3) is 0 Å². The summed E-state index contributed by atoms with van der Waals surface area (Å²) in [6.45, 7) is 6.13. The highest BCUT2D eigenvalue weighted by Gasteiger charge is 2.26. The number of amides is 2. The molecule has 2 atom stereocenters. The Labute approximate surface area is 165 Å². The van der Waals surface area contributed by atoms with Gasteiger partial charge in [0.2, 0.25) is 11.8 Å². The van der Waals surface area contributed by atoms with Crippen LogP contribution in [0.4, 0.5) is 11.6 Å². The largest absolute Gasteiger partial charge is 0.354 e. The third kappa shape index (κ3) is 4.91. The van der Waals surface area contributed by atoms with E-state index < -0.39 is 0 Å². The molecule has 2 N–H and O–H groups in total. The minimum absolute atomic E-state index is 0.0161. The smallest absolute Gasteiger partial charge is 0.217 e. The minimum atomic E-state index is -0.0357. The van der Waals surface area contributed by atoms with Crippen molar-refractivity contribution in [1.82, 2.24) is 15.6 Å². The Morgan fingerprint density at radius 3 is 2.18 bits per heavy atom. The Morgan fingerprint density at radius 2 is 1.61 bits per heavy atom. The molecule has 0 spiro atoms. The van der Waals surface area contributed by atoms with Crippen LogP contribution in [0.15, 0.2) is 12.1 Å². The lowest BCUT2D eigenvalue weighted by Gasteiger charge is -2.36. The normalized spacial score (nSPS) is 22.3. The van der Waals surface area contributed by atoms with E-state index in [0.717, 1.165) is 44.6 Å². The molecule has 2 fully saturated rings. The lowest BCUT2D eigenvalue weighted by molar-refractivity contribution is -0.120. The summed E-state index contributed by atoms with van der Waals surface area (Å²) < 4.78 is 0. The van der Waals surface area contributed by atoms with E-state index in [9.17, 15) is 14.9 Å². The SMILES string of the molecule is CC(=O)NC1CCCN(c2ccc(C#N)c(N3CCCC(NC(C)=O)C3)n2)C1. The van der Waals surface area contributed by atoms with Gasteiger partial charge >= 0.3 is 0 Å². The number of piperidine rings is 2. The van der Waals surface area contributed by atoms with E-state index in [-0.39, 0.29) is 23.9 Å². The average Bonchev–Trinajstić information content (AvgIpc) is 2.67. The quantitative estimate of drug-likeness (QED) is 0.808. The molecule has 3 rings (SSSR count). The fourth-order valence-electron chi connectivity index (χ4n) is 4.11. The molecule has 8 heteroatoms. The summed E-state index contributed by atoms with van der Waals surface area (Å²) in [6, 6.07) is 6.14. The predicted octanol–water partition coefficient (Wildman–Crippen LogP) is 1.16. The van der Waals surface area contributed by atoms with Crippen molar-refractivity contribution in [2.24, 2.45) is 0 Å². The second-order valence-corrected chi connectivity index (χ2v) is 7.62. The Bertz CT molecular complexity index is 774. The maximum Gasteiger partial charge on any atom is 0.217 e. The molecule has 1 aromatic rings. The maximum atomic E-state index is 11.4. The molecule has 2 amide bonds. The number of anilines is 2. The zero-order chi connectivity index (χ0) is 20.1. The zero-order valence-corrected chi connectivity index (χ0v) is 16.6. The van der Waals surface area contributed by atoms with E-state index >= 15 is 0 Å². The fourth-order valence-corrected chi connectivity index (χ4v) is 4.11. The van der Waals surface area contributed by atoms with Gasteiger partial charge in [-0.1, -0.05) is 0 Å². The van der Waals surface area contributed by atoms with Crippen LogP contribution in [0.2, 0.25) is 0 Å². The molecule has 2 unspecified atom stereocenters. The van der Waals surface area contributed by atoms with Crippen molar-refractivity contribution in [2.75, 3.05) is 36.0 Å². The predicted molar refractivity (Wildman–Crippen MR) is 107 cm³/mol. The standard InChI is InChI=1S/C20H28N6O2/c1-14(27)22-17-5-3-9-25(12-17)19-8-7-16(11-21)20(24-19)26-10-4-6-18(13-26)23-15(2)28/h7-8,17-18H,3-6,9-10,12-13H2,1-2H3,(H,22,27)(H,23,28). The number of aromatic nitrogens is 1. The van der Waals surface area contributed by atoms with Crippen LogP contribution in [0.5, 0.6) is 0 Å². The summed E-state index contributed by atoms with van der Waals surface area (Å²) in [7, 11) is 0. The molecule has 3 heterocycles. The van der Waals surface area contributed by atoms with Gasteiger partial charge < -0.3 is 20.4 Å². The number of carbonyl (C=O) groups is 2. The van der Waals surface area contributed by atoms with Gasteiger partial charge in [0.1, 0.15) is 17.7 Å². The average molecular weight is 384 g/mol. The van der Waals surface area contributed by atoms with Crippen molar-refractivity contribution in [3.05, 3.63) is 17.7 Å². The Hall–Kier alpha value is -2.82. The molecular formula is C20H28N6O2. The minimum Gasteiger partial charge on any atom is -0.354 e. The van der Waals surface area contributed by atoms with Crippen LogP contribution < -0.4 is 20.4 Å². The van der Waals surface area contributed by atoms with Crippen molar-refractivity contribution < 1.29 is 9.59 Å². The van der Waals surface area contributed by atoms with E-state index in [2.05, 4.69) is 26.5 Å². The number of nitrogens with one attached hydrogen (secondary N) is 2. The second kappa shape index (κ2) is 8.91. The van der Waals surface area contributed by atoms with Crippen LogP contribution in [0.25, 0.3) is 0 Å². The summed E-state index contributed by atoms with van der Waals surface area (Å²) >= 11 is 0. The van der Waals surface area contributed by atoms with Crippen LogP contribution in [-0.2, 0) is 9.59 Å². The Morgan fingerprint density at radius 1 is 1.04 bits per heavy atom. The number of nitriles is 1. The van der Waals surface area contributed by atoms with Crippen LogP contribution in [-0.4, -0.2) is 55.1 Å². The van der Waals surface area contributed by atoms with Crippen molar-refractivity contribution >= 4 is 23.5 Å². The van der Waals surface area contributed by atoms with Crippen molar-refractivity contribution in [3.8, 4) is 6.07 Å². The first-order valence-corrected chi connectivity index (χ1v) is 9.91. The molecule has 150 valence electrons. The first-order valence-electron chi connectivity index (χ1n) is 9.91. The Balaban J connectivity index is 1.79. The van der Waals surface area contributed by atoms with Gasteiger partial charge in [-0.3, -0.25) is 9.59 Å². The van der Waals surface area contributed by atoms with Gasteiger partial charge in [0.15, 0.2) is 0 Å². The number of rotatable bonds is 4. The van der Waals surface area contributed by atoms with Gasteiger partial charge in [-0.15, -0.1) is 0 Å². The van der Waals surface area contributed by atoms with E-state index in [1.54, 1.807) is 6.92 Å². The van der Waals surface area contributed by atoms with Crippen LogP contribution in [0, 0.1) is 11.3 Å². The van der Waals surface area contributed by atoms with E-state index in [1.165, 1.54) is 6.92 Å². The number of hydrogen-bond acceptors (Lipinski definition) is 6. The summed E-state index contributed by atoms with van der Waals surface area (Å²) in [5, 5.41) is 15.5. The van der Waals surface area contributed by atoms with Gasteiger partial charge in [-0.05, 0) is 37.8 Å². The number of pyridine rings is 1. The molecule has 2 aliphatic heterocycles.